The van der Waals surface area contributed by atoms with Gasteiger partial charge in [0.05, 0.1) is 12.1 Å². The molecule has 17 heavy (non-hydrogen) atoms. The van der Waals surface area contributed by atoms with Crippen LogP contribution in [0.2, 0.25) is 0 Å². The van der Waals surface area contributed by atoms with E-state index in [9.17, 15) is 0 Å². The highest BCUT2D eigenvalue weighted by molar-refractivity contribution is 5.98. The Labute approximate surface area is 102 Å². The minimum Gasteiger partial charge on any atom is -0.369 e. The summed E-state index contributed by atoms with van der Waals surface area (Å²) in [6, 6.07) is 10.4. The van der Waals surface area contributed by atoms with Gasteiger partial charge in [0.25, 0.3) is 0 Å². The minimum atomic E-state index is 0.170. The number of hydrogen-bond acceptors (Lipinski definition) is 3. The second kappa shape index (κ2) is 4.06. The second-order valence-electron chi connectivity index (χ2n) is 5.13. The number of benzene rings is 1. The van der Waals surface area contributed by atoms with Crippen LogP contribution in [0.1, 0.15) is 32.1 Å². The first-order valence-electron chi connectivity index (χ1n) is 6.47. The first kappa shape index (κ1) is 10.6. The van der Waals surface area contributed by atoms with Crippen LogP contribution in [0.3, 0.4) is 0 Å². The third-order valence-corrected chi connectivity index (χ3v) is 4.04. The molecule has 1 aromatic carbocycles. The SMILES string of the molecule is NC1=NCC2(CCCCC2)N1c1ccccc1. The van der Waals surface area contributed by atoms with Gasteiger partial charge >= 0.3 is 0 Å². The first-order chi connectivity index (χ1) is 8.32. The van der Waals surface area contributed by atoms with E-state index in [0.29, 0.717) is 5.96 Å². The standard InChI is InChI=1S/C14H19N3/c15-13-16-11-14(9-5-2-6-10-14)17(13)12-7-3-1-4-8-12/h1,3-4,7-8H,2,5-6,9-11H2,(H2,15,16). The van der Waals surface area contributed by atoms with Crippen LogP contribution in [-0.2, 0) is 0 Å². The highest BCUT2D eigenvalue weighted by atomic mass is 15.4. The van der Waals surface area contributed by atoms with E-state index in [2.05, 4.69) is 34.2 Å². The minimum absolute atomic E-state index is 0.170. The fourth-order valence-electron chi connectivity index (χ4n) is 3.19. The lowest BCUT2D eigenvalue weighted by Crippen LogP contribution is -2.53. The Morgan fingerprint density at radius 2 is 1.76 bits per heavy atom. The lowest BCUT2D eigenvalue weighted by atomic mass is 9.80. The Hall–Kier alpha value is -1.51. The highest BCUT2D eigenvalue weighted by Crippen LogP contribution is 2.39. The Morgan fingerprint density at radius 3 is 2.47 bits per heavy atom. The Kier molecular flexibility index (Phi) is 2.54. The van der Waals surface area contributed by atoms with Gasteiger partial charge in [-0.2, -0.15) is 0 Å². The maximum Gasteiger partial charge on any atom is 0.196 e. The van der Waals surface area contributed by atoms with Gasteiger partial charge in [0.1, 0.15) is 0 Å². The molecular weight excluding hydrogens is 210 g/mol. The smallest absolute Gasteiger partial charge is 0.196 e. The topological polar surface area (TPSA) is 41.6 Å². The normalized spacial score (nSPS) is 22.8. The number of anilines is 1. The van der Waals surface area contributed by atoms with E-state index in [0.717, 1.165) is 6.54 Å². The number of guanidine groups is 1. The third kappa shape index (κ3) is 1.70. The van der Waals surface area contributed by atoms with Crippen molar-refractivity contribution in [3.05, 3.63) is 30.3 Å². The van der Waals surface area contributed by atoms with Gasteiger partial charge in [-0.1, -0.05) is 37.5 Å². The van der Waals surface area contributed by atoms with Crippen LogP contribution < -0.4 is 10.6 Å². The molecule has 3 heteroatoms. The van der Waals surface area contributed by atoms with Crippen molar-refractivity contribution in [2.45, 2.75) is 37.6 Å². The number of para-hydroxylation sites is 1. The zero-order valence-corrected chi connectivity index (χ0v) is 10.1. The van der Waals surface area contributed by atoms with Crippen molar-refractivity contribution >= 4 is 11.6 Å². The highest BCUT2D eigenvalue weighted by Gasteiger charge is 2.43. The quantitative estimate of drug-likeness (QED) is 0.804. The molecule has 3 rings (SSSR count). The molecular formula is C14H19N3. The van der Waals surface area contributed by atoms with Crippen molar-refractivity contribution in [1.29, 1.82) is 0 Å². The lowest BCUT2D eigenvalue weighted by molar-refractivity contribution is 0.317. The molecule has 1 heterocycles. The van der Waals surface area contributed by atoms with Gasteiger partial charge in [-0.05, 0) is 25.0 Å². The Bertz CT molecular complexity index is 418. The van der Waals surface area contributed by atoms with Crippen molar-refractivity contribution in [3.63, 3.8) is 0 Å². The summed E-state index contributed by atoms with van der Waals surface area (Å²) < 4.78 is 0. The van der Waals surface area contributed by atoms with Gasteiger partial charge in [0, 0.05) is 5.69 Å². The van der Waals surface area contributed by atoms with Gasteiger partial charge in [0.2, 0.25) is 0 Å². The number of aliphatic imine (C=N–C) groups is 1. The molecule has 90 valence electrons. The molecule has 1 aliphatic heterocycles. The number of nitrogens with two attached hydrogens (primary N) is 1. The van der Waals surface area contributed by atoms with E-state index in [-0.39, 0.29) is 5.54 Å². The summed E-state index contributed by atoms with van der Waals surface area (Å²) in [4.78, 5) is 6.76. The summed E-state index contributed by atoms with van der Waals surface area (Å²) in [6.07, 6.45) is 6.38. The van der Waals surface area contributed by atoms with Crippen molar-refractivity contribution in [2.24, 2.45) is 10.7 Å². The molecule has 1 aromatic rings. The van der Waals surface area contributed by atoms with E-state index in [1.165, 1.54) is 37.8 Å². The van der Waals surface area contributed by atoms with Gasteiger partial charge in [-0.15, -0.1) is 0 Å². The van der Waals surface area contributed by atoms with Crippen molar-refractivity contribution in [1.82, 2.24) is 0 Å². The molecule has 0 amide bonds. The van der Waals surface area contributed by atoms with Crippen molar-refractivity contribution in [2.75, 3.05) is 11.4 Å². The molecule has 0 unspecified atom stereocenters. The molecule has 0 radical (unpaired) electrons. The third-order valence-electron chi connectivity index (χ3n) is 4.04. The average Bonchev–Trinajstić information content (AvgIpc) is 2.68. The Morgan fingerprint density at radius 1 is 1.06 bits per heavy atom. The van der Waals surface area contributed by atoms with Gasteiger partial charge in [-0.3, -0.25) is 4.99 Å². The molecule has 1 fully saturated rings. The fraction of sp³-hybridized carbons (Fsp3) is 0.500. The molecule has 3 nitrogen and oxygen atoms in total. The summed E-state index contributed by atoms with van der Waals surface area (Å²) in [7, 11) is 0. The zero-order chi connectivity index (χ0) is 11.7. The number of hydrogen-bond donors (Lipinski definition) is 1. The predicted octanol–water partition coefficient (Wildman–Crippen LogP) is 2.52. The largest absolute Gasteiger partial charge is 0.369 e. The van der Waals surface area contributed by atoms with Crippen LogP contribution in [0.25, 0.3) is 0 Å². The summed E-state index contributed by atoms with van der Waals surface area (Å²) in [5.41, 5.74) is 7.45. The van der Waals surface area contributed by atoms with E-state index in [1.807, 2.05) is 6.07 Å². The number of nitrogens with zero attached hydrogens (tertiary/aromatic N) is 2. The molecule has 1 spiro atoms. The number of rotatable bonds is 1. The molecule has 2 aliphatic rings. The van der Waals surface area contributed by atoms with Gasteiger partial charge in [0.15, 0.2) is 5.96 Å². The van der Waals surface area contributed by atoms with Crippen molar-refractivity contribution < 1.29 is 0 Å². The summed E-state index contributed by atoms with van der Waals surface area (Å²) in [6.45, 7) is 0.869. The fourth-order valence-corrected chi connectivity index (χ4v) is 3.19. The van der Waals surface area contributed by atoms with E-state index < -0.39 is 0 Å². The molecule has 0 bridgehead atoms. The lowest BCUT2D eigenvalue weighted by Gasteiger charge is -2.42. The molecule has 2 N–H and O–H groups in total. The predicted molar refractivity (Wildman–Crippen MR) is 71.2 cm³/mol. The van der Waals surface area contributed by atoms with E-state index >= 15 is 0 Å². The maximum atomic E-state index is 6.09. The van der Waals surface area contributed by atoms with Gasteiger partial charge < -0.3 is 10.6 Å². The molecule has 0 saturated heterocycles. The van der Waals surface area contributed by atoms with Gasteiger partial charge in [-0.25, -0.2) is 0 Å². The molecule has 0 atom stereocenters. The van der Waals surface area contributed by atoms with E-state index in [1.54, 1.807) is 0 Å². The zero-order valence-electron chi connectivity index (χ0n) is 10.1. The van der Waals surface area contributed by atoms with Crippen LogP contribution in [0.15, 0.2) is 35.3 Å². The van der Waals surface area contributed by atoms with Crippen LogP contribution >= 0.6 is 0 Å². The monoisotopic (exact) mass is 229 g/mol. The first-order valence-corrected chi connectivity index (χ1v) is 6.47. The summed E-state index contributed by atoms with van der Waals surface area (Å²) >= 11 is 0. The van der Waals surface area contributed by atoms with Crippen molar-refractivity contribution in [3.8, 4) is 0 Å². The van der Waals surface area contributed by atoms with Crippen LogP contribution in [0.5, 0.6) is 0 Å². The Balaban J connectivity index is 1.96. The average molecular weight is 229 g/mol. The van der Waals surface area contributed by atoms with Crippen LogP contribution in [0, 0.1) is 0 Å². The molecule has 1 saturated carbocycles. The molecule has 0 aromatic heterocycles. The van der Waals surface area contributed by atoms with Crippen LogP contribution in [-0.4, -0.2) is 18.0 Å². The maximum absolute atomic E-state index is 6.09. The van der Waals surface area contributed by atoms with Crippen LogP contribution in [0.4, 0.5) is 5.69 Å². The molecule has 1 aliphatic carbocycles. The summed E-state index contributed by atoms with van der Waals surface area (Å²) in [5, 5.41) is 0. The summed E-state index contributed by atoms with van der Waals surface area (Å²) in [5.74, 6) is 0.693. The second-order valence-corrected chi connectivity index (χ2v) is 5.13. The van der Waals surface area contributed by atoms with E-state index in [4.69, 9.17) is 5.73 Å².